The van der Waals surface area contributed by atoms with Gasteiger partial charge in [0.1, 0.15) is 4.99 Å². The van der Waals surface area contributed by atoms with E-state index in [0.717, 1.165) is 19.3 Å². The molecule has 1 unspecified atom stereocenters. The van der Waals surface area contributed by atoms with Gasteiger partial charge in [0.2, 0.25) is 10.0 Å². The average molecular weight is 312 g/mol. The number of hydrogen-bond acceptors (Lipinski definition) is 3. The van der Waals surface area contributed by atoms with E-state index in [0.29, 0.717) is 29.5 Å². The Morgan fingerprint density at radius 1 is 1.40 bits per heavy atom. The molecule has 0 saturated carbocycles. The number of piperidine rings is 1. The van der Waals surface area contributed by atoms with E-state index in [9.17, 15) is 8.42 Å². The lowest BCUT2D eigenvalue weighted by molar-refractivity contribution is 0.261. The first kappa shape index (κ1) is 15.4. The molecule has 0 aliphatic carbocycles. The van der Waals surface area contributed by atoms with Crippen LogP contribution in [0.1, 0.15) is 31.7 Å². The van der Waals surface area contributed by atoms with E-state index in [2.05, 4.69) is 6.92 Å². The Morgan fingerprint density at radius 2 is 2.05 bits per heavy atom. The molecule has 4 nitrogen and oxygen atoms in total. The molecule has 1 fully saturated rings. The van der Waals surface area contributed by atoms with Crippen molar-refractivity contribution in [3.8, 4) is 0 Å². The van der Waals surface area contributed by atoms with Gasteiger partial charge >= 0.3 is 0 Å². The topological polar surface area (TPSA) is 63.4 Å². The van der Waals surface area contributed by atoms with Crippen LogP contribution in [0.25, 0.3) is 0 Å². The maximum atomic E-state index is 12.6. The summed E-state index contributed by atoms with van der Waals surface area (Å²) in [7, 11) is -3.40. The smallest absolute Gasteiger partial charge is 0.243 e. The van der Waals surface area contributed by atoms with Crippen molar-refractivity contribution in [2.45, 2.75) is 31.1 Å². The number of thiocarbonyl (C=S) groups is 1. The highest BCUT2D eigenvalue weighted by Gasteiger charge is 2.29. The van der Waals surface area contributed by atoms with Crippen molar-refractivity contribution in [2.24, 2.45) is 11.7 Å². The maximum Gasteiger partial charge on any atom is 0.243 e. The van der Waals surface area contributed by atoms with Crippen molar-refractivity contribution in [2.75, 3.05) is 13.1 Å². The van der Waals surface area contributed by atoms with Gasteiger partial charge in [-0.25, -0.2) is 8.42 Å². The molecule has 110 valence electrons. The van der Waals surface area contributed by atoms with Gasteiger partial charge in [0.05, 0.1) is 4.90 Å². The number of benzene rings is 1. The molecule has 1 aliphatic heterocycles. The molecule has 1 heterocycles. The number of nitrogens with two attached hydrogens (primary N) is 1. The van der Waals surface area contributed by atoms with E-state index < -0.39 is 10.0 Å². The van der Waals surface area contributed by atoms with Gasteiger partial charge in [-0.15, -0.1) is 0 Å². The number of sulfonamides is 1. The summed E-state index contributed by atoms with van der Waals surface area (Å²) in [6, 6.07) is 6.49. The molecule has 0 radical (unpaired) electrons. The Bertz CT molecular complexity index is 582. The Morgan fingerprint density at radius 3 is 2.60 bits per heavy atom. The van der Waals surface area contributed by atoms with Crippen molar-refractivity contribution in [3.63, 3.8) is 0 Å². The molecule has 1 saturated heterocycles. The summed E-state index contributed by atoms with van der Waals surface area (Å²) in [4.78, 5) is 0.590. The average Bonchev–Trinajstić information content (AvgIpc) is 2.47. The Labute approximate surface area is 126 Å². The van der Waals surface area contributed by atoms with Gasteiger partial charge in [-0.3, -0.25) is 0 Å². The van der Waals surface area contributed by atoms with Gasteiger partial charge < -0.3 is 5.73 Å². The largest absolute Gasteiger partial charge is 0.389 e. The summed E-state index contributed by atoms with van der Waals surface area (Å²) in [5.41, 5.74) is 6.21. The lowest BCUT2D eigenvalue weighted by Gasteiger charge is -2.31. The number of nitrogens with zero attached hydrogens (tertiary/aromatic N) is 1. The Kier molecular flexibility index (Phi) is 4.78. The van der Waals surface area contributed by atoms with Gasteiger partial charge in [-0.2, -0.15) is 4.31 Å². The first-order valence-corrected chi connectivity index (χ1v) is 8.70. The second-order valence-corrected chi connectivity index (χ2v) is 7.55. The minimum absolute atomic E-state index is 0.276. The Hall–Kier alpha value is -0.980. The molecule has 0 aromatic heterocycles. The first-order valence-electron chi connectivity index (χ1n) is 6.85. The van der Waals surface area contributed by atoms with Crippen LogP contribution in [0.2, 0.25) is 0 Å². The van der Waals surface area contributed by atoms with E-state index in [1.807, 2.05) is 0 Å². The van der Waals surface area contributed by atoms with Gasteiger partial charge in [0, 0.05) is 18.7 Å². The first-order chi connectivity index (χ1) is 9.45. The summed E-state index contributed by atoms with van der Waals surface area (Å²) in [6.07, 6.45) is 3.07. The number of rotatable bonds is 4. The second-order valence-electron chi connectivity index (χ2n) is 5.17. The normalized spacial score (nSPS) is 20.8. The van der Waals surface area contributed by atoms with Crippen LogP contribution >= 0.6 is 12.2 Å². The standard InChI is InChI=1S/C14H20N2O2S2/c1-2-11-4-3-9-16(10-11)20(17,18)13-7-5-12(6-8-13)14(15)19/h5-8,11H,2-4,9-10H2,1H3,(H2,15,19). The minimum Gasteiger partial charge on any atom is -0.389 e. The van der Waals surface area contributed by atoms with Crippen molar-refractivity contribution < 1.29 is 8.42 Å². The predicted molar refractivity (Wildman–Crippen MR) is 84.1 cm³/mol. The monoisotopic (exact) mass is 312 g/mol. The van der Waals surface area contributed by atoms with Crippen molar-refractivity contribution in [1.82, 2.24) is 4.31 Å². The van der Waals surface area contributed by atoms with Gasteiger partial charge in [0.15, 0.2) is 0 Å². The summed E-state index contributed by atoms with van der Waals surface area (Å²) in [5.74, 6) is 0.467. The van der Waals surface area contributed by atoms with Crippen LogP contribution in [0, 0.1) is 5.92 Å². The molecule has 20 heavy (non-hydrogen) atoms. The molecule has 2 N–H and O–H groups in total. The van der Waals surface area contributed by atoms with Crippen LogP contribution in [-0.2, 0) is 10.0 Å². The van der Waals surface area contributed by atoms with Crippen LogP contribution in [0.4, 0.5) is 0 Å². The molecule has 6 heteroatoms. The Balaban J connectivity index is 2.23. The van der Waals surface area contributed by atoms with Crippen molar-refractivity contribution in [3.05, 3.63) is 29.8 Å². The van der Waals surface area contributed by atoms with E-state index >= 15 is 0 Å². The van der Waals surface area contributed by atoms with E-state index in [4.69, 9.17) is 18.0 Å². The maximum absolute atomic E-state index is 12.6. The van der Waals surface area contributed by atoms with Crippen LogP contribution in [0.15, 0.2) is 29.2 Å². The fourth-order valence-electron chi connectivity index (χ4n) is 2.52. The van der Waals surface area contributed by atoms with Gasteiger partial charge in [-0.05, 0) is 30.9 Å². The third kappa shape index (κ3) is 3.19. The molecule has 0 spiro atoms. The zero-order chi connectivity index (χ0) is 14.8. The van der Waals surface area contributed by atoms with Crippen LogP contribution < -0.4 is 5.73 Å². The molecule has 2 rings (SSSR count). The summed E-state index contributed by atoms with van der Waals surface area (Å²) < 4.78 is 26.8. The van der Waals surface area contributed by atoms with Gasteiger partial charge in [-0.1, -0.05) is 37.7 Å². The van der Waals surface area contributed by atoms with Crippen LogP contribution in [-0.4, -0.2) is 30.8 Å². The molecule has 0 bridgehead atoms. The van der Waals surface area contributed by atoms with Gasteiger partial charge in [0.25, 0.3) is 0 Å². The fraction of sp³-hybridized carbons (Fsp3) is 0.500. The molecular formula is C14H20N2O2S2. The van der Waals surface area contributed by atoms with Crippen molar-refractivity contribution in [1.29, 1.82) is 0 Å². The fourth-order valence-corrected chi connectivity index (χ4v) is 4.21. The molecule has 1 aromatic carbocycles. The highest BCUT2D eigenvalue weighted by Crippen LogP contribution is 2.25. The van der Waals surface area contributed by atoms with Crippen LogP contribution in [0.3, 0.4) is 0 Å². The molecule has 0 amide bonds. The van der Waals surface area contributed by atoms with E-state index in [-0.39, 0.29) is 4.99 Å². The highest BCUT2D eigenvalue weighted by atomic mass is 32.2. The van der Waals surface area contributed by atoms with E-state index in [1.54, 1.807) is 28.6 Å². The quantitative estimate of drug-likeness (QED) is 0.865. The molecule has 1 aliphatic rings. The molecule has 1 atom stereocenters. The predicted octanol–water partition coefficient (Wildman–Crippen LogP) is 2.13. The lowest BCUT2D eigenvalue weighted by Crippen LogP contribution is -2.39. The highest BCUT2D eigenvalue weighted by molar-refractivity contribution is 7.89. The SMILES string of the molecule is CCC1CCCN(S(=O)(=O)c2ccc(C(N)=S)cc2)C1. The van der Waals surface area contributed by atoms with Crippen molar-refractivity contribution >= 4 is 27.2 Å². The zero-order valence-corrected chi connectivity index (χ0v) is 13.2. The summed E-state index contributed by atoms with van der Waals surface area (Å²) in [6.45, 7) is 3.34. The lowest BCUT2D eigenvalue weighted by atomic mass is 9.97. The number of hydrogen-bond donors (Lipinski definition) is 1. The summed E-state index contributed by atoms with van der Waals surface area (Å²) >= 11 is 4.87. The summed E-state index contributed by atoms with van der Waals surface area (Å²) in [5, 5.41) is 0. The van der Waals surface area contributed by atoms with Crippen LogP contribution in [0.5, 0.6) is 0 Å². The second kappa shape index (κ2) is 6.20. The minimum atomic E-state index is -3.40. The third-order valence-electron chi connectivity index (χ3n) is 3.84. The third-order valence-corrected chi connectivity index (χ3v) is 5.95. The molecular weight excluding hydrogens is 292 g/mol. The van der Waals surface area contributed by atoms with E-state index in [1.165, 1.54) is 0 Å². The molecule has 1 aromatic rings. The zero-order valence-electron chi connectivity index (χ0n) is 11.6.